The third kappa shape index (κ3) is 1.89. The highest BCUT2D eigenvalue weighted by Crippen LogP contribution is 2.63. The van der Waals surface area contributed by atoms with Gasteiger partial charge >= 0.3 is 5.97 Å². The summed E-state index contributed by atoms with van der Waals surface area (Å²) in [6.45, 7) is 7.02. The lowest BCUT2D eigenvalue weighted by Crippen LogP contribution is -2.73. The van der Waals surface area contributed by atoms with Gasteiger partial charge in [-0.3, -0.25) is 0 Å². The van der Waals surface area contributed by atoms with Crippen molar-refractivity contribution in [2.75, 3.05) is 13.9 Å². The number of carbonyl (C=O) groups excluding carboxylic acids is 1. The predicted octanol–water partition coefficient (Wildman–Crippen LogP) is -0.0451. The van der Waals surface area contributed by atoms with Gasteiger partial charge in [0, 0.05) is 24.0 Å². The van der Waals surface area contributed by atoms with Crippen molar-refractivity contribution in [2.45, 2.75) is 50.0 Å². The molecule has 0 aromatic rings. The Kier molecular flexibility index (Phi) is 3.83. The highest BCUT2D eigenvalue weighted by atomic mass is 16.7. The van der Waals surface area contributed by atoms with Crippen LogP contribution in [-0.4, -0.2) is 59.8 Å². The SMILES string of the molecule is C#C[C@]12O[C@@H](O)[C@H](OCOC)[C@H]1[C@]1(C)C[C@H](OC(=O)C1=C)[C@]2(C)O. The van der Waals surface area contributed by atoms with E-state index in [0.717, 1.165) is 0 Å². The van der Waals surface area contributed by atoms with E-state index in [0.29, 0.717) is 6.42 Å². The molecule has 2 heterocycles. The molecule has 0 unspecified atom stereocenters. The molecule has 2 aliphatic heterocycles. The number of hydrogen-bond donors (Lipinski definition) is 2. The minimum atomic E-state index is -1.70. The molecule has 24 heavy (non-hydrogen) atoms. The first-order valence-corrected chi connectivity index (χ1v) is 7.72. The van der Waals surface area contributed by atoms with Crippen molar-refractivity contribution in [2.24, 2.45) is 11.3 Å². The largest absolute Gasteiger partial charge is 0.456 e. The summed E-state index contributed by atoms with van der Waals surface area (Å²) in [4.78, 5) is 12.2. The van der Waals surface area contributed by atoms with Gasteiger partial charge in [0.2, 0.25) is 0 Å². The number of methoxy groups -OCH3 is 1. The number of ether oxygens (including phenoxy) is 4. The minimum absolute atomic E-state index is 0.0964. The summed E-state index contributed by atoms with van der Waals surface area (Å²) in [5.74, 6) is 1.22. The van der Waals surface area contributed by atoms with Crippen LogP contribution < -0.4 is 0 Å². The molecule has 3 rings (SSSR count). The summed E-state index contributed by atoms with van der Waals surface area (Å²) < 4.78 is 21.5. The van der Waals surface area contributed by atoms with Gasteiger partial charge < -0.3 is 29.2 Å². The monoisotopic (exact) mass is 338 g/mol. The van der Waals surface area contributed by atoms with Crippen molar-refractivity contribution >= 4 is 5.97 Å². The Morgan fingerprint density at radius 1 is 1.50 bits per heavy atom. The van der Waals surface area contributed by atoms with Crippen LogP contribution in [0.1, 0.15) is 20.3 Å². The molecule has 2 N–H and O–H groups in total. The zero-order valence-electron chi connectivity index (χ0n) is 13.9. The Morgan fingerprint density at radius 3 is 2.75 bits per heavy atom. The number of hydrogen-bond acceptors (Lipinski definition) is 7. The Balaban J connectivity index is 2.17. The van der Waals surface area contributed by atoms with Crippen molar-refractivity contribution in [1.82, 2.24) is 0 Å². The number of terminal acetylenes is 1. The summed E-state index contributed by atoms with van der Waals surface area (Å²) >= 11 is 0. The van der Waals surface area contributed by atoms with Gasteiger partial charge in [-0.05, 0) is 13.3 Å². The maximum atomic E-state index is 12.2. The van der Waals surface area contributed by atoms with E-state index in [2.05, 4.69) is 12.5 Å². The standard InChI is InChI=1S/C17H22O7/c1-6-17-12(11(14(19)24-17)22-8-21-5)15(3)7-10(16(17,4)20)23-13(18)9(15)2/h1,10-12,14,19-20H,2,7-8H2,3-5H3/t10-,11+,12-,14+,15+,16-,17-/m0/s1. The van der Waals surface area contributed by atoms with Crippen molar-refractivity contribution in [1.29, 1.82) is 0 Å². The maximum absolute atomic E-state index is 12.2. The van der Waals surface area contributed by atoms with E-state index in [1.165, 1.54) is 14.0 Å². The first-order valence-electron chi connectivity index (χ1n) is 7.72. The summed E-state index contributed by atoms with van der Waals surface area (Å²) in [5, 5.41) is 21.5. The van der Waals surface area contributed by atoms with Gasteiger partial charge in [-0.25, -0.2) is 4.79 Å². The summed E-state index contributed by atoms with van der Waals surface area (Å²) in [7, 11) is 1.45. The van der Waals surface area contributed by atoms with E-state index in [1.807, 2.05) is 0 Å². The maximum Gasteiger partial charge on any atom is 0.334 e. The Bertz CT molecular complexity index is 621. The molecule has 3 aliphatic rings. The molecular formula is C17H22O7. The van der Waals surface area contributed by atoms with E-state index in [4.69, 9.17) is 25.4 Å². The number of fused-ring (bicyclic) bond motifs is 4. The molecule has 0 aromatic carbocycles. The second-order valence-corrected chi connectivity index (χ2v) is 7.05. The fourth-order valence-corrected chi connectivity index (χ4v) is 4.42. The molecule has 2 bridgehead atoms. The second-order valence-electron chi connectivity index (χ2n) is 7.05. The van der Waals surface area contributed by atoms with Crippen LogP contribution in [0, 0.1) is 23.7 Å². The van der Waals surface area contributed by atoms with E-state index in [-0.39, 0.29) is 12.4 Å². The van der Waals surface area contributed by atoms with E-state index >= 15 is 0 Å². The molecule has 132 valence electrons. The quantitative estimate of drug-likeness (QED) is 0.323. The molecule has 7 heteroatoms. The average molecular weight is 338 g/mol. The molecule has 0 aromatic heterocycles. The Morgan fingerprint density at radius 2 is 2.17 bits per heavy atom. The molecule has 0 spiro atoms. The van der Waals surface area contributed by atoms with Gasteiger partial charge in [0.25, 0.3) is 0 Å². The van der Waals surface area contributed by atoms with Crippen LogP contribution >= 0.6 is 0 Å². The molecule has 1 saturated carbocycles. The average Bonchev–Trinajstić information content (AvgIpc) is 2.83. The predicted molar refractivity (Wildman–Crippen MR) is 81.3 cm³/mol. The van der Waals surface area contributed by atoms with Gasteiger partial charge in [0.15, 0.2) is 11.9 Å². The first kappa shape index (κ1) is 17.4. The minimum Gasteiger partial charge on any atom is -0.456 e. The molecule has 3 fully saturated rings. The van der Waals surface area contributed by atoms with Crippen molar-refractivity contribution < 1.29 is 34.0 Å². The van der Waals surface area contributed by atoms with E-state index in [1.54, 1.807) is 6.92 Å². The number of esters is 1. The zero-order chi connectivity index (χ0) is 17.9. The lowest BCUT2D eigenvalue weighted by molar-refractivity contribution is -0.264. The second kappa shape index (κ2) is 5.28. The third-order valence-corrected chi connectivity index (χ3v) is 5.81. The summed E-state index contributed by atoms with van der Waals surface area (Å²) in [6.07, 6.45) is 2.91. The first-order chi connectivity index (χ1) is 11.2. The molecular weight excluding hydrogens is 316 g/mol. The smallest absolute Gasteiger partial charge is 0.334 e. The fraction of sp³-hybridized carbons (Fsp3) is 0.706. The number of rotatable bonds is 3. The number of carbonyl (C=O) groups is 1. The van der Waals surface area contributed by atoms with Crippen LogP contribution in [0.4, 0.5) is 0 Å². The van der Waals surface area contributed by atoms with Gasteiger partial charge in [-0.15, -0.1) is 6.42 Å². The van der Waals surface area contributed by atoms with Crippen molar-refractivity contribution in [3.63, 3.8) is 0 Å². The van der Waals surface area contributed by atoms with Gasteiger partial charge in [0.05, 0.1) is 0 Å². The normalized spacial score (nSPS) is 50.2. The van der Waals surface area contributed by atoms with E-state index in [9.17, 15) is 15.0 Å². The van der Waals surface area contributed by atoms with Crippen LogP contribution in [0.3, 0.4) is 0 Å². The lowest BCUT2D eigenvalue weighted by atomic mass is 9.50. The zero-order valence-corrected chi connectivity index (χ0v) is 13.9. The van der Waals surface area contributed by atoms with Crippen LogP contribution in [0.5, 0.6) is 0 Å². The highest BCUT2D eigenvalue weighted by molar-refractivity contribution is 5.91. The topological polar surface area (TPSA) is 94.5 Å². The summed E-state index contributed by atoms with van der Waals surface area (Å²) in [6, 6.07) is 0. The molecule has 7 nitrogen and oxygen atoms in total. The van der Waals surface area contributed by atoms with Crippen LogP contribution in [-0.2, 0) is 23.7 Å². The molecule has 2 saturated heterocycles. The lowest BCUT2D eigenvalue weighted by Gasteiger charge is -2.59. The van der Waals surface area contributed by atoms with Gasteiger partial charge in [0.1, 0.15) is 24.6 Å². The van der Waals surface area contributed by atoms with Crippen LogP contribution in [0.15, 0.2) is 12.2 Å². The Labute approximate surface area is 140 Å². The number of aliphatic hydroxyl groups is 2. The summed E-state index contributed by atoms with van der Waals surface area (Å²) in [5.41, 5.74) is -3.92. The van der Waals surface area contributed by atoms with E-state index < -0.39 is 47.0 Å². The molecule has 1 aliphatic carbocycles. The third-order valence-electron chi connectivity index (χ3n) is 5.81. The molecule has 7 atom stereocenters. The number of aliphatic hydroxyl groups excluding tert-OH is 1. The molecule has 0 radical (unpaired) electrons. The van der Waals surface area contributed by atoms with Crippen molar-refractivity contribution in [3.05, 3.63) is 12.2 Å². The fourth-order valence-electron chi connectivity index (χ4n) is 4.42. The Hall–Kier alpha value is -1.43. The van der Waals surface area contributed by atoms with Gasteiger partial charge in [-0.2, -0.15) is 0 Å². The highest BCUT2D eigenvalue weighted by Gasteiger charge is 2.76. The van der Waals surface area contributed by atoms with Crippen LogP contribution in [0.2, 0.25) is 0 Å². The van der Waals surface area contributed by atoms with Crippen LogP contribution in [0.25, 0.3) is 0 Å². The molecule has 0 amide bonds. The van der Waals surface area contributed by atoms with Gasteiger partial charge in [-0.1, -0.05) is 19.4 Å². The van der Waals surface area contributed by atoms with Crippen molar-refractivity contribution in [3.8, 4) is 12.3 Å².